The number of benzene rings is 1. The van der Waals surface area contributed by atoms with Crippen LogP contribution in [0.15, 0.2) is 42.7 Å². The van der Waals surface area contributed by atoms with E-state index in [0.29, 0.717) is 12.4 Å². The van der Waals surface area contributed by atoms with E-state index in [4.69, 9.17) is 0 Å². The monoisotopic (exact) mass is 370 g/mol. The van der Waals surface area contributed by atoms with Crippen molar-refractivity contribution in [3.05, 3.63) is 48.5 Å². The smallest absolute Gasteiger partial charge is 0.287 e. The van der Waals surface area contributed by atoms with E-state index in [-0.39, 0.29) is 11.9 Å². The zero-order chi connectivity index (χ0) is 18.4. The molecule has 0 unspecified atom stereocenters. The Hall–Kier alpha value is -2.74. The standard InChI is InChI=1S/C18H22N6OS/c1-3-24-12-11-19-16(24)17(25)20-10-9-13(2)21-18-22-15(23-26-18)14-7-5-4-6-8-14/h4-8,11-13H,3,9-10H2,1-2H3,(H,20,25)(H,21,22,23)/t13-/m0/s1. The van der Waals surface area contributed by atoms with Crippen molar-refractivity contribution >= 4 is 22.6 Å². The summed E-state index contributed by atoms with van der Waals surface area (Å²) in [5.74, 6) is 1.03. The van der Waals surface area contributed by atoms with Crippen LogP contribution in [0.5, 0.6) is 0 Å². The fourth-order valence-corrected chi connectivity index (χ4v) is 3.22. The number of carbonyl (C=O) groups excluding carboxylic acids is 1. The Bertz CT molecular complexity index is 844. The minimum Gasteiger partial charge on any atom is -0.358 e. The van der Waals surface area contributed by atoms with Gasteiger partial charge < -0.3 is 15.2 Å². The van der Waals surface area contributed by atoms with Crippen molar-refractivity contribution in [2.24, 2.45) is 0 Å². The van der Waals surface area contributed by atoms with E-state index in [1.807, 2.05) is 41.8 Å². The first-order valence-corrected chi connectivity index (χ1v) is 9.39. The summed E-state index contributed by atoms with van der Waals surface area (Å²) in [6, 6.07) is 10.1. The van der Waals surface area contributed by atoms with Crippen molar-refractivity contribution in [1.82, 2.24) is 24.2 Å². The van der Waals surface area contributed by atoms with Crippen molar-refractivity contribution < 1.29 is 4.79 Å². The first kappa shape index (κ1) is 18.1. The highest BCUT2D eigenvalue weighted by Gasteiger charge is 2.13. The van der Waals surface area contributed by atoms with Crippen LogP contribution < -0.4 is 10.6 Å². The molecule has 3 rings (SSSR count). The van der Waals surface area contributed by atoms with Crippen molar-refractivity contribution in [1.29, 1.82) is 0 Å². The fraction of sp³-hybridized carbons (Fsp3) is 0.333. The molecule has 8 heteroatoms. The van der Waals surface area contributed by atoms with Crippen molar-refractivity contribution in [3.8, 4) is 11.4 Å². The second-order valence-electron chi connectivity index (χ2n) is 5.92. The van der Waals surface area contributed by atoms with Gasteiger partial charge in [-0.25, -0.2) is 4.98 Å². The summed E-state index contributed by atoms with van der Waals surface area (Å²) in [4.78, 5) is 20.8. The zero-order valence-corrected chi connectivity index (χ0v) is 15.7. The summed E-state index contributed by atoms with van der Waals surface area (Å²) < 4.78 is 6.21. The van der Waals surface area contributed by atoms with Crippen LogP contribution in [0.1, 0.15) is 30.9 Å². The molecule has 0 aliphatic rings. The van der Waals surface area contributed by atoms with E-state index < -0.39 is 0 Å². The predicted molar refractivity (Wildman–Crippen MR) is 103 cm³/mol. The number of rotatable bonds is 8. The Labute approximate surface area is 156 Å². The molecular formula is C18H22N6OS. The number of anilines is 1. The average Bonchev–Trinajstić information content (AvgIpc) is 3.31. The first-order valence-electron chi connectivity index (χ1n) is 8.62. The van der Waals surface area contributed by atoms with E-state index >= 15 is 0 Å². The van der Waals surface area contributed by atoms with Gasteiger partial charge in [0.1, 0.15) is 0 Å². The topological polar surface area (TPSA) is 84.7 Å². The third-order valence-corrected chi connectivity index (χ3v) is 4.60. The summed E-state index contributed by atoms with van der Waals surface area (Å²) in [6.45, 7) is 5.33. The fourth-order valence-electron chi connectivity index (χ4n) is 2.52. The number of imidazole rings is 1. The number of hydrogen-bond donors (Lipinski definition) is 2. The average molecular weight is 370 g/mol. The molecule has 0 fully saturated rings. The highest BCUT2D eigenvalue weighted by Crippen LogP contribution is 2.21. The van der Waals surface area contributed by atoms with Gasteiger partial charge in [0, 0.05) is 48.6 Å². The second-order valence-corrected chi connectivity index (χ2v) is 6.67. The maximum Gasteiger partial charge on any atom is 0.287 e. The molecule has 0 spiro atoms. The lowest BCUT2D eigenvalue weighted by Crippen LogP contribution is -2.30. The zero-order valence-electron chi connectivity index (χ0n) is 14.8. The molecule has 2 heterocycles. The van der Waals surface area contributed by atoms with Gasteiger partial charge in [-0.15, -0.1) is 0 Å². The molecule has 1 aromatic carbocycles. The lowest BCUT2D eigenvalue weighted by Gasteiger charge is -2.13. The number of hydrogen-bond acceptors (Lipinski definition) is 6. The molecule has 3 aromatic rings. The summed E-state index contributed by atoms with van der Waals surface area (Å²) in [5, 5.41) is 7.03. The van der Waals surface area contributed by atoms with Crippen molar-refractivity contribution in [2.75, 3.05) is 11.9 Å². The van der Waals surface area contributed by atoms with Crippen LogP contribution in [0, 0.1) is 0 Å². The molecule has 1 amide bonds. The van der Waals surface area contributed by atoms with E-state index in [2.05, 4.69) is 31.9 Å². The maximum atomic E-state index is 12.2. The molecule has 0 saturated heterocycles. The van der Waals surface area contributed by atoms with Gasteiger partial charge in [0.2, 0.25) is 5.13 Å². The van der Waals surface area contributed by atoms with Crippen molar-refractivity contribution in [3.63, 3.8) is 0 Å². The number of carbonyl (C=O) groups is 1. The summed E-state index contributed by atoms with van der Waals surface area (Å²) in [7, 11) is 0. The molecule has 1 atom stereocenters. The van der Waals surface area contributed by atoms with Crippen LogP contribution in [0.3, 0.4) is 0 Å². The third kappa shape index (κ3) is 4.45. The Balaban J connectivity index is 1.47. The highest BCUT2D eigenvalue weighted by molar-refractivity contribution is 7.09. The van der Waals surface area contributed by atoms with E-state index in [1.165, 1.54) is 11.5 Å². The van der Waals surface area contributed by atoms with Gasteiger partial charge in [-0.3, -0.25) is 4.79 Å². The van der Waals surface area contributed by atoms with Crippen LogP contribution in [-0.4, -0.2) is 37.4 Å². The number of aryl methyl sites for hydroxylation is 1. The van der Waals surface area contributed by atoms with Gasteiger partial charge in [-0.2, -0.15) is 9.36 Å². The minimum absolute atomic E-state index is 0.147. The molecule has 136 valence electrons. The number of aromatic nitrogens is 4. The Morgan fingerprint density at radius 1 is 1.31 bits per heavy atom. The van der Waals surface area contributed by atoms with Gasteiger partial charge in [-0.1, -0.05) is 30.3 Å². The van der Waals surface area contributed by atoms with Crippen molar-refractivity contribution in [2.45, 2.75) is 32.9 Å². The molecule has 26 heavy (non-hydrogen) atoms. The second kappa shape index (κ2) is 8.57. The van der Waals surface area contributed by atoms with Gasteiger partial charge in [0.05, 0.1) is 0 Å². The highest BCUT2D eigenvalue weighted by atomic mass is 32.1. The predicted octanol–water partition coefficient (Wildman–Crippen LogP) is 3.04. The lowest BCUT2D eigenvalue weighted by atomic mass is 10.2. The van der Waals surface area contributed by atoms with Crippen LogP contribution in [0.4, 0.5) is 5.13 Å². The minimum atomic E-state index is -0.147. The molecular weight excluding hydrogens is 348 g/mol. The van der Waals surface area contributed by atoms with E-state index in [9.17, 15) is 4.79 Å². The number of amides is 1. The molecule has 0 radical (unpaired) electrons. The van der Waals surface area contributed by atoms with Crippen LogP contribution >= 0.6 is 11.5 Å². The van der Waals surface area contributed by atoms with E-state index in [1.54, 1.807) is 12.4 Å². The Kier molecular flexibility index (Phi) is 5.96. The maximum absolute atomic E-state index is 12.2. The largest absolute Gasteiger partial charge is 0.358 e. The Morgan fingerprint density at radius 2 is 2.12 bits per heavy atom. The van der Waals surface area contributed by atoms with Crippen LogP contribution in [0.2, 0.25) is 0 Å². The molecule has 2 N–H and O–H groups in total. The quantitative estimate of drug-likeness (QED) is 0.637. The molecule has 0 aliphatic carbocycles. The van der Waals surface area contributed by atoms with Gasteiger partial charge in [0.25, 0.3) is 5.91 Å². The third-order valence-electron chi connectivity index (χ3n) is 3.95. The lowest BCUT2D eigenvalue weighted by molar-refractivity contribution is 0.0938. The van der Waals surface area contributed by atoms with Crippen LogP contribution in [-0.2, 0) is 6.54 Å². The normalized spacial score (nSPS) is 11.9. The summed E-state index contributed by atoms with van der Waals surface area (Å²) in [5.41, 5.74) is 1.00. The first-order chi connectivity index (χ1) is 12.7. The van der Waals surface area contributed by atoms with E-state index in [0.717, 1.165) is 29.5 Å². The van der Waals surface area contributed by atoms with Crippen LogP contribution in [0.25, 0.3) is 11.4 Å². The molecule has 7 nitrogen and oxygen atoms in total. The number of nitrogens with one attached hydrogen (secondary N) is 2. The van der Waals surface area contributed by atoms with Gasteiger partial charge in [0.15, 0.2) is 11.6 Å². The number of nitrogens with zero attached hydrogens (tertiary/aromatic N) is 4. The molecule has 0 bridgehead atoms. The molecule has 0 saturated carbocycles. The van der Waals surface area contributed by atoms with Gasteiger partial charge in [-0.05, 0) is 20.3 Å². The SMILES string of the molecule is CCn1ccnc1C(=O)NCC[C@H](C)Nc1nc(-c2ccccc2)ns1. The molecule has 2 aromatic heterocycles. The summed E-state index contributed by atoms with van der Waals surface area (Å²) in [6.07, 6.45) is 4.22. The summed E-state index contributed by atoms with van der Waals surface area (Å²) >= 11 is 1.34. The Morgan fingerprint density at radius 3 is 2.88 bits per heavy atom. The molecule has 0 aliphatic heterocycles. The van der Waals surface area contributed by atoms with Gasteiger partial charge >= 0.3 is 0 Å².